The average Bonchev–Trinajstić information content (AvgIpc) is 2.29. The number of aliphatic hydroxyl groups excluding tert-OH is 1. The lowest BCUT2D eigenvalue weighted by Gasteiger charge is -2.38. The first kappa shape index (κ1) is 15.2. The molecule has 0 bridgehead atoms. The first-order valence-electron chi connectivity index (χ1n) is 5.85. The van der Waals surface area contributed by atoms with Crippen LogP contribution in [0.15, 0.2) is 4.99 Å². The molecular formula is C10H22N4O3S. The van der Waals surface area contributed by atoms with E-state index in [0.29, 0.717) is 13.3 Å². The van der Waals surface area contributed by atoms with Crippen LogP contribution in [0.1, 0.15) is 27.7 Å². The van der Waals surface area contributed by atoms with Gasteiger partial charge in [0.1, 0.15) is 0 Å². The predicted octanol–water partition coefficient (Wildman–Crippen LogP) is -0.739. The van der Waals surface area contributed by atoms with Gasteiger partial charge in [0.15, 0.2) is 0 Å². The van der Waals surface area contributed by atoms with Crippen LogP contribution in [0.3, 0.4) is 0 Å². The number of nitrogens with one attached hydrogen (secondary N) is 2. The van der Waals surface area contributed by atoms with Gasteiger partial charge in [0.05, 0.1) is 25.2 Å². The van der Waals surface area contributed by atoms with Crippen LogP contribution in [0, 0.1) is 0 Å². The van der Waals surface area contributed by atoms with Crippen molar-refractivity contribution in [3.8, 4) is 0 Å². The molecule has 0 aliphatic carbocycles. The minimum Gasteiger partial charge on any atom is -0.394 e. The molecule has 106 valence electrons. The van der Waals surface area contributed by atoms with Crippen molar-refractivity contribution in [2.75, 3.05) is 19.9 Å². The van der Waals surface area contributed by atoms with Gasteiger partial charge >= 0.3 is 0 Å². The first-order chi connectivity index (χ1) is 8.19. The standard InChI is InChI=1S/C10H22N4O3S/c1-8(2)18(16,17)13-9-11-6-14(7-12-9)10(3,4)5-15/h8,15H,5-7H2,1-4H3,(H2,11,12,13). The second-order valence-electron chi connectivity index (χ2n) is 5.19. The van der Waals surface area contributed by atoms with E-state index in [-0.39, 0.29) is 18.1 Å². The smallest absolute Gasteiger partial charge is 0.237 e. The zero-order chi connectivity index (χ0) is 14.0. The Labute approximate surface area is 108 Å². The van der Waals surface area contributed by atoms with E-state index in [2.05, 4.69) is 15.0 Å². The lowest BCUT2D eigenvalue weighted by Crippen LogP contribution is -2.57. The fourth-order valence-corrected chi connectivity index (χ4v) is 1.90. The van der Waals surface area contributed by atoms with E-state index in [4.69, 9.17) is 0 Å². The van der Waals surface area contributed by atoms with Gasteiger partial charge in [0.25, 0.3) is 0 Å². The summed E-state index contributed by atoms with van der Waals surface area (Å²) in [6.45, 7) is 7.79. The minimum absolute atomic E-state index is 0.0112. The van der Waals surface area contributed by atoms with E-state index < -0.39 is 15.3 Å². The van der Waals surface area contributed by atoms with Gasteiger partial charge in [-0.05, 0) is 27.7 Å². The topological polar surface area (TPSA) is 94.0 Å². The van der Waals surface area contributed by atoms with Gasteiger partial charge in [-0.25, -0.2) is 13.4 Å². The van der Waals surface area contributed by atoms with Gasteiger partial charge in [0, 0.05) is 5.54 Å². The molecule has 0 saturated carbocycles. The fraction of sp³-hybridized carbons (Fsp3) is 0.900. The molecule has 8 heteroatoms. The third kappa shape index (κ3) is 3.56. The molecule has 0 unspecified atom stereocenters. The number of aliphatic imine (C=N–C) groups is 1. The minimum atomic E-state index is -3.37. The summed E-state index contributed by atoms with van der Waals surface area (Å²) in [5.41, 5.74) is -0.390. The summed E-state index contributed by atoms with van der Waals surface area (Å²) in [5, 5.41) is 11.6. The molecule has 0 fully saturated rings. The molecule has 0 spiro atoms. The molecule has 0 aromatic rings. The van der Waals surface area contributed by atoms with Crippen LogP contribution < -0.4 is 10.0 Å². The number of hydrogen-bond donors (Lipinski definition) is 3. The SMILES string of the molecule is CC(C)S(=O)(=O)NC1=NCN(C(C)(C)CO)CN1. The van der Waals surface area contributed by atoms with Crippen molar-refractivity contribution >= 4 is 16.0 Å². The zero-order valence-corrected chi connectivity index (χ0v) is 12.1. The Morgan fingerprint density at radius 2 is 2.17 bits per heavy atom. The van der Waals surface area contributed by atoms with E-state index in [1.165, 1.54) is 0 Å². The molecule has 0 saturated heterocycles. The third-order valence-corrected chi connectivity index (χ3v) is 4.66. The number of rotatable bonds is 4. The summed E-state index contributed by atoms with van der Waals surface area (Å²) in [7, 11) is -3.37. The Balaban J connectivity index is 2.66. The molecule has 1 rings (SSSR count). The van der Waals surface area contributed by atoms with E-state index >= 15 is 0 Å². The van der Waals surface area contributed by atoms with Gasteiger partial charge in [-0.2, -0.15) is 0 Å². The van der Waals surface area contributed by atoms with Crippen molar-refractivity contribution < 1.29 is 13.5 Å². The normalized spacial score (nSPS) is 18.4. The maximum Gasteiger partial charge on any atom is 0.237 e. The zero-order valence-electron chi connectivity index (χ0n) is 11.3. The van der Waals surface area contributed by atoms with Crippen LogP contribution in [0.5, 0.6) is 0 Å². The fourth-order valence-electron chi connectivity index (χ4n) is 1.26. The molecule has 1 aliphatic rings. The maximum absolute atomic E-state index is 11.6. The molecule has 18 heavy (non-hydrogen) atoms. The highest BCUT2D eigenvalue weighted by Gasteiger charge is 2.28. The molecule has 0 radical (unpaired) electrons. The Morgan fingerprint density at radius 1 is 1.56 bits per heavy atom. The van der Waals surface area contributed by atoms with E-state index in [9.17, 15) is 13.5 Å². The highest BCUT2D eigenvalue weighted by Crippen LogP contribution is 2.13. The molecule has 0 amide bonds. The lowest BCUT2D eigenvalue weighted by atomic mass is 10.1. The average molecular weight is 278 g/mol. The van der Waals surface area contributed by atoms with E-state index in [1.54, 1.807) is 13.8 Å². The van der Waals surface area contributed by atoms with Crippen molar-refractivity contribution in [2.24, 2.45) is 4.99 Å². The molecule has 0 aromatic heterocycles. The summed E-state index contributed by atoms with van der Waals surface area (Å²) in [5.74, 6) is 0.258. The Kier molecular flexibility index (Phi) is 4.57. The molecule has 0 aromatic carbocycles. The molecule has 0 atom stereocenters. The molecule has 7 nitrogen and oxygen atoms in total. The summed E-state index contributed by atoms with van der Waals surface area (Å²) >= 11 is 0. The number of hydrogen-bond acceptors (Lipinski definition) is 6. The Bertz CT molecular complexity index is 417. The van der Waals surface area contributed by atoms with Crippen LogP contribution in [0.25, 0.3) is 0 Å². The highest BCUT2D eigenvalue weighted by atomic mass is 32.2. The summed E-state index contributed by atoms with van der Waals surface area (Å²) in [6, 6.07) is 0. The van der Waals surface area contributed by atoms with Crippen molar-refractivity contribution in [1.82, 2.24) is 14.9 Å². The van der Waals surface area contributed by atoms with Crippen molar-refractivity contribution in [3.63, 3.8) is 0 Å². The highest BCUT2D eigenvalue weighted by molar-refractivity contribution is 7.90. The predicted molar refractivity (Wildman–Crippen MR) is 70.5 cm³/mol. The molecule has 1 aliphatic heterocycles. The monoisotopic (exact) mass is 278 g/mol. The number of nitrogens with zero attached hydrogens (tertiary/aromatic N) is 2. The Hall–Kier alpha value is -0.860. The number of aliphatic hydroxyl groups is 1. The number of guanidine groups is 1. The van der Waals surface area contributed by atoms with Crippen LogP contribution in [-0.2, 0) is 10.0 Å². The van der Waals surface area contributed by atoms with Crippen molar-refractivity contribution in [2.45, 2.75) is 38.5 Å². The van der Waals surface area contributed by atoms with Gasteiger partial charge < -0.3 is 10.4 Å². The van der Waals surface area contributed by atoms with Gasteiger partial charge in [-0.1, -0.05) is 0 Å². The van der Waals surface area contributed by atoms with Gasteiger partial charge in [-0.15, -0.1) is 0 Å². The number of sulfonamides is 1. The summed E-state index contributed by atoms with van der Waals surface area (Å²) in [4.78, 5) is 6.04. The maximum atomic E-state index is 11.6. The van der Waals surface area contributed by atoms with E-state index in [0.717, 1.165) is 0 Å². The third-order valence-electron chi connectivity index (χ3n) is 2.94. The summed E-state index contributed by atoms with van der Waals surface area (Å²) < 4.78 is 25.7. The second-order valence-corrected chi connectivity index (χ2v) is 7.43. The van der Waals surface area contributed by atoms with Gasteiger partial charge in [-0.3, -0.25) is 9.62 Å². The van der Waals surface area contributed by atoms with Crippen LogP contribution >= 0.6 is 0 Å². The molecule has 1 heterocycles. The lowest BCUT2D eigenvalue weighted by molar-refractivity contribution is 0.0528. The largest absolute Gasteiger partial charge is 0.394 e. The molecule has 3 N–H and O–H groups in total. The second kappa shape index (κ2) is 5.41. The molecular weight excluding hydrogens is 256 g/mol. The Morgan fingerprint density at radius 3 is 2.56 bits per heavy atom. The quantitative estimate of drug-likeness (QED) is 0.630. The first-order valence-corrected chi connectivity index (χ1v) is 7.39. The van der Waals surface area contributed by atoms with Crippen molar-refractivity contribution in [3.05, 3.63) is 0 Å². The van der Waals surface area contributed by atoms with E-state index in [1.807, 2.05) is 18.7 Å². The van der Waals surface area contributed by atoms with Crippen LogP contribution in [0.4, 0.5) is 0 Å². The van der Waals surface area contributed by atoms with Crippen LogP contribution in [0.2, 0.25) is 0 Å². The van der Waals surface area contributed by atoms with Crippen molar-refractivity contribution in [1.29, 1.82) is 0 Å². The van der Waals surface area contributed by atoms with Crippen LogP contribution in [-0.4, -0.2) is 55.1 Å². The summed E-state index contributed by atoms with van der Waals surface area (Å²) in [6.07, 6.45) is 0. The van der Waals surface area contributed by atoms with Gasteiger partial charge in [0.2, 0.25) is 16.0 Å².